The van der Waals surface area contributed by atoms with E-state index in [1.807, 2.05) is 0 Å². The van der Waals surface area contributed by atoms with E-state index in [1.165, 1.54) is 4.88 Å². The van der Waals surface area contributed by atoms with E-state index in [4.69, 9.17) is 4.74 Å². The minimum absolute atomic E-state index is 0.245. The Morgan fingerprint density at radius 3 is 2.94 bits per heavy atom. The molecule has 3 nitrogen and oxygen atoms in total. The molecule has 1 N–H and O–H groups in total. The minimum atomic E-state index is 0.245. The van der Waals surface area contributed by atoms with Gasteiger partial charge in [0.1, 0.15) is 0 Å². The average Bonchev–Trinajstić information content (AvgIpc) is 2.66. The Kier molecular flexibility index (Phi) is 4.38. The van der Waals surface area contributed by atoms with Gasteiger partial charge in [-0.15, -0.1) is 11.3 Å². The maximum Gasteiger partial charge on any atom is 0.0904 e. The lowest BCUT2D eigenvalue weighted by molar-refractivity contribution is -0.0201. The van der Waals surface area contributed by atoms with Gasteiger partial charge in [-0.25, -0.2) is 0 Å². The van der Waals surface area contributed by atoms with Gasteiger partial charge in [0.15, 0.2) is 0 Å². The van der Waals surface area contributed by atoms with Crippen LogP contribution in [0.2, 0.25) is 0 Å². The molecule has 0 aliphatic carbocycles. The van der Waals surface area contributed by atoms with Crippen molar-refractivity contribution in [2.24, 2.45) is 0 Å². The fourth-order valence-corrected chi connectivity index (χ4v) is 3.73. The van der Waals surface area contributed by atoms with Crippen LogP contribution in [0.1, 0.15) is 10.9 Å². The summed E-state index contributed by atoms with van der Waals surface area (Å²) in [6.07, 6.45) is 0.245. The summed E-state index contributed by atoms with van der Waals surface area (Å²) in [5, 5.41) is 5.52. The van der Waals surface area contributed by atoms with Gasteiger partial charge in [-0.3, -0.25) is 4.90 Å². The summed E-state index contributed by atoms with van der Waals surface area (Å²) in [5.41, 5.74) is 0. The number of nitrogens with one attached hydrogen (secondary N) is 1. The van der Waals surface area contributed by atoms with E-state index in [0.717, 1.165) is 24.2 Å². The summed E-state index contributed by atoms with van der Waals surface area (Å²) in [6, 6.07) is 2.52. The van der Waals surface area contributed by atoms with Crippen molar-refractivity contribution < 1.29 is 4.74 Å². The van der Waals surface area contributed by atoms with Crippen molar-refractivity contribution in [3.05, 3.63) is 20.8 Å². The molecule has 0 radical (unpaired) electrons. The average molecular weight is 305 g/mol. The van der Waals surface area contributed by atoms with E-state index < -0.39 is 0 Å². The molecule has 16 heavy (non-hydrogen) atoms. The summed E-state index contributed by atoms with van der Waals surface area (Å²) in [5.74, 6) is 0. The number of morpholine rings is 1. The van der Waals surface area contributed by atoms with E-state index >= 15 is 0 Å². The lowest BCUT2D eigenvalue weighted by atomic mass is 10.1. The van der Waals surface area contributed by atoms with Gasteiger partial charge in [0, 0.05) is 27.8 Å². The summed E-state index contributed by atoms with van der Waals surface area (Å²) < 4.78 is 7.01. The fraction of sp³-hybridized carbons (Fsp3) is 0.636. The molecule has 0 amide bonds. The lowest BCUT2D eigenvalue weighted by Gasteiger charge is -2.34. The topological polar surface area (TPSA) is 24.5 Å². The van der Waals surface area contributed by atoms with Crippen molar-refractivity contribution in [2.45, 2.75) is 12.1 Å². The zero-order chi connectivity index (χ0) is 11.5. The molecule has 2 atom stereocenters. The Bertz CT molecular complexity index is 336. The van der Waals surface area contributed by atoms with Crippen molar-refractivity contribution in [1.82, 2.24) is 10.2 Å². The largest absolute Gasteiger partial charge is 0.374 e. The molecule has 1 aromatic heterocycles. The molecule has 1 saturated heterocycles. The Hall–Kier alpha value is 0.0600. The molecule has 1 aromatic rings. The van der Waals surface area contributed by atoms with Crippen LogP contribution in [0.3, 0.4) is 0 Å². The standard InChI is InChI=1S/C11H17BrN2OS/c1-14(2)11(9-6-13-3-4-15-9)10-5-8(12)7-16-10/h5,7,9,11,13H,3-4,6H2,1-2H3. The monoisotopic (exact) mass is 304 g/mol. The number of likely N-dealkylation sites (N-methyl/N-ethyl adjacent to an activating group) is 1. The van der Waals surface area contributed by atoms with Crippen molar-refractivity contribution in [2.75, 3.05) is 33.8 Å². The first-order valence-electron chi connectivity index (χ1n) is 5.41. The third-order valence-corrected chi connectivity index (χ3v) is 4.51. The molecule has 0 aromatic carbocycles. The normalized spacial score (nSPS) is 23.6. The highest BCUT2D eigenvalue weighted by molar-refractivity contribution is 9.10. The number of halogens is 1. The van der Waals surface area contributed by atoms with Crippen LogP contribution in [-0.4, -0.2) is 44.8 Å². The zero-order valence-corrected chi connectivity index (χ0v) is 12.0. The molecule has 90 valence electrons. The van der Waals surface area contributed by atoms with Gasteiger partial charge in [-0.2, -0.15) is 0 Å². The predicted molar refractivity (Wildman–Crippen MR) is 71.1 cm³/mol. The highest BCUT2D eigenvalue weighted by Gasteiger charge is 2.28. The number of thiophene rings is 1. The number of nitrogens with zero attached hydrogens (tertiary/aromatic N) is 1. The van der Waals surface area contributed by atoms with Gasteiger partial charge in [0.25, 0.3) is 0 Å². The summed E-state index contributed by atoms with van der Waals surface area (Å²) >= 11 is 5.29. The summed E-state index contributed by atoms with van der Waals surface area (Å²) in [6.45, 7) is 2.70. The van der Waals surface area contributed by atoms with E-state index in [1.54, 1.807) is 11.3 Å². The second-order valence-corrected chi connectivity index (χ2v) is 6.05. The molecule has 2 heterocycles. The molecule has 1 fully saturated rings. The molecular weight excluding hydrogens is 288 g/mol. The van der Waals surface area contributed by atoms with Crippen LogP contribution in [0.4, 0.5) is 0 Å². The van der Waals surface area contributed by atoms with Crippen LogP contribution in [0, 0.1) is 0 Å². The second-order valence-electron chi connectivity index (χ2n) is 4.19. The Balaban J connectivity index is 2.16. The highest BCUT2D eigenvalue weighted by atomic mass is 79.9. The quantitative estimate of drug-likeness (QED) is 0.925. The van der Waals surface area contributed by atoms with Crippen molar-refractivity contribution in [3.8, 4) is 0 Å². The smallest absolute Gasteiger partial charge is 0.0904 e. The molecule has 0 bridgehead atoms. The SMILES string of the molecule is CN(C)C(c1cc(Br)cs1)C1CNCCO1. The summed E-state index contributed by atoms with van der Waals surface area (Å²) in [4.78, 5) is 3.58. The Labute approximate surface area is 109 Å². The first-order valence-corrected chi connectivity index (χ1v) is 7.08. The molecule has 1 aliphatic rings. The van der Waals surface area contributed by atoms with Crippen molar-refractivity contribution >= 4 is 27.3 Å². The minimum Gasteiger partial charge on any atom is -0.374 e. The molecule has 2 unspecified atom stereocenters. The number of hydrogen-bond acceptors (Lipinski definition) is 4. The molecule has 0 saturated carbocycles. The molecular formula is C11H17BrN2OS. The fourth-order valence-electron chi connectivity index (χ4n) is 2.04. The highest BCUT2D eigenvalue weighted by Crippen LogP contribution is 2.32. The van der Waals surface area contributed by atoms with Gasteiger partial charge in [-0.1, -0.05) is 0 Å². The lowest BCUT2D eigenvalue weighted by Crippen LogP contribution is -2.45. The van der Waals surface area contributed by atoms with Crippen LogP contribution in [0.15, 0.2) is 15.9 Å². The summed E-state index contributed by atoms with van der Waals surface area (Å²) in [7, 11) is 4.21. The molecule has 1 aliphatic heterocycles. The van der Waals surface area contributed by atoms with Crippen LogP contribution < -0.4 is 5.32 Å². The predicted octanol–water partition coefficient (Wildman–Crippen LogP) is 2.10. The molecule has 2 rings (SSSR count). The third kappa shape index (κ3) is 2.84. The number of rotatable bonds is 3. The van der Waals surface area contributed by atoms with Crippen molar-refractivity contribution in [3.63, 3.8) is 0 Å². The van der Waals surface area contributed by atoms with Gasteiger partial charge >= 0.3 is 0 Å². The van der Waals surface area contributed by atoms with Crippen LogP contribution in [0.5, 0.6) is 0 Å². The van der Waals surface area contributed by atoms with E-state index in [9.17, 15) is 0 Å². The third-order valence-electron chi connectivity index (χ3n) is 2.74. The van der Waals surface area contributed by atoms with Gasteiger partial charge in [-0.05, 0) is 36.1 Å². The van der Waals surface area contributed by atoms with Crippen LogP contribution >= 0.6 is 27.3 Å². The van der Waals surface area contributed by atoms with Gasteiger partial charge in [0.05, 0.1) is 18.8 Å². The van der Waals surface area contributed by atoms with Gasteiger partial charge in [0.2, 0.25) is 0 Å². The Morgan fingerprint density at radius 1 is 1.62 bits per heavy atom. The molecule has 0 spiro atoms. The maximum atomic E-state index is 5.85. The van der Waals surface area contributed by atoms with Crippen LogP contribution in [-0.2, 0) is 4.74 Å². The van der Waals surface area contributed by atoms with Gasteiger partial charge < -0.3 is 10.1 Å². The zero-order valence-electron chi connectivity index (χ0n) is 9.57. The first-order chi connectivity index (χ1) is 7.68. The molecule has 5 heteroatoms. The maximum absolute atomic E-state index is 5.85. The number of hydrogen-bond donors (Lipinski definition) is 1. The van der Waals surface area contributed by atoms with E-state index in [0.29, 0.717) is 6.04 Å². The van der Waals surface area contributed by atoms with E-state index in [-0.39, 0.29) is 6.10 Å². The first kappa shape index (κ1) is 12.5. The van der Waals surface area contributed by atoms with E-state index in [2.05, 4.69) is 51.7 Å². The second kappa shape index (κ2) is 5.60. The Morgan fingerprint density at radius 2 is 2.44 bits per heavy atom. The van der Waals surface area contributed by atoms with Crippen LogP contribution in [0.25, 0.3) is 0 Å². The number of ether oxygens (including phenoxy) is 1. The van der Waals surface area contributed by atoms with Crippen molar-refractivity contribution in [1.29, 1.82) is 0 Å².